The Morgan fingerprint density at radius 1 is 1.14 bits per heavy atom. The number of methoxy groups -OCH3 is 1. The molecule has 238 valence electrons. The van der Waals surface area contributed by atoms with Crippen LogP contribution in [0.1, 0.15) is 65.5 Å². The SMILES string of the molecule is COC(=O)C[C@H]1[C@]2(C)C[C@]3(O)[C@@](O)([C@H]4OC5(C)O[C@@]6(C[C@H](O)[C@]7(C)C(=CC(=O)O[C@H]7c7ccoc7)[C@@]46O5)[C@]13C)[C@H]2OC(C)=O. The van der Waals surface area contributed by atoms with Crippen LogP contribution in [-0.4, -0.2) is 87.0 Å². The van der Waals surface area contributed by atoms with Crippen LogP contribution in [-0.2, 0) is 42.8 Å². The van der Waals surface area contributed by atoms with Crippen molar-refractivity contribution in [1.29, 1.82) is 0 Å². The molecule has 1 unspecified atom stereocenters. The molecule has 4 heterocycles. The summed E-state index contributed by atoms with van der Waals surface area (Å²) in [5.74, 6) is -4.65. The van der Waals surface area contributed by atoms with Gasteiger partial charge < -0.3 is 48.2 Å². The predicted molar refractivity (Wildman–Crippen MR) is 142 cm³/mol. The highest BCUT2D eigenvalue weighted by atomic mass is 16.9. The average Bonchev–Trinajstić information content (AvgIpc) is 3.71. The van der Waals surface area contributed by atoms with Crippen molar-refractivity contribution in [2.45, 2.75) is 107 Å². The van der Waals surface area contributed by atoms with Crippen LogP contribution >= 0.6 is 0 Å². The van der Waals surface area contributed by atoms with Gasteiger partial charge in [0.05, 0.1) is 31.2 Å². The molecule has 8 rings (SSSR count). The number of hydrogen-bond donors (Lipinski definition) is 3. The predicted octanol–water partition coefficient (Wildman–Crippen LogP) is 1.19. The molecule has 3 N–H and O–H groups in total. The fourth-order valence-corrected chi connectivity index (χ4v) is 11.4. The normalized spacial score (nSPS) is 55.6. The summed E-state index contributed by atoms with van der Waals surface area (Å²) in [5.41, 5.74) is -11.2. The number of hydrogen-bond acceptors (Lipinski definition) is 13. The van der Waals surface area contributed by atoms with E-state index in [9.17, 15) is 29.7 Å². The van der Waals surface area contributed by atoms with E-state index in [1.807, 2.05) is 0 Å². The Morgan fingerprint density at radius 2 is 1.86 bits per heavy atom. The summed E-state index contributed by atoms with van der Waals surface area (Å²) in [7, 11) is 1.25. The lowest BCUT2D eigenvalue weighted by Gasteiger charge is -2.75. The van der Waals surface area contributed by atoms with Crippen molar-refractivity contribution in [1.82, 2.24) is 0 Å². The van der Waals surface area contributed by atoms with E-state index in [-0.39, 0.29) is 24.8 Å². The molecule has 13 nitrogen and oxygen atoms in total. The van der Waals surface area contributed by atoms with Gasteiger partial charge in [0.2, 0.25) is 0 Å². The van der Waals surface area contributed by atoms with Gasteiger partial charge in [0.15, 0.2) is 11.2 Å². The first kappa shape index (κ1) is 28.6. The zero-order valence-electron chi connectivity index (χ0n) is 25.2. The van der Waals surface area contributed by atoms with Gasteiger partial charge in [-0.2, -0.15) is 0 Å². The van der Waals surface area contributed by atoms with Crippen molar-refractivity contribution >= 4 is 17.9 Å². The second kappa shape index (κ2) is 7.76. The Bertz CT molecular complexity index is 1550. The number of rotatable bonds is 4. The van der Waals surface area contributed by atoms with Crippen molar-refractivity contribution in [2.24, 2.45) is 22.2 Å². The monoisotopic (exact) mass is 616 g/mol. The lowest BCUT2D eigenvalue weighted by molar-refractivity contribution is -0.446. The third-order valence-electron chi connectivity index (χ3n) is 12.8. The molecule has 44 heavy (non-hydrogen) atoms. The number of ether oxygens (including phenoxy) is 6. The van der Waals surface area contributed by atoms with E-state index in [0.717, 1.165) is 0 Å². The number of fused-ring (bicyclic) bond motifs is 4. The van der Waals surface area contributed by atoms with Gasteiger partial charge in [-0.25, -0.2) is 4.79 Å². The van der Waals surface area contributed by atoms with Gasteiger partial charge in [-0.15, -0.1) is 0 Å². The zero-order chi connectivity index (χ0) is 31.7. The summed E-state index contributed by atoms with van der Waals surface area (Å²) >= 11 is 0. The molecule has 2 saturated heterocycles. The van der Waals surface area contributed by atoms with Crippen LogP contribution in [0.5, 0.6) is 0 Å². The molecule has 1 spiro atoms. The van der Waals surface area contributed by atoms with E-state index < -0.39 is 92.9 Å². The van der Waals surface area contributed by atoms with Crippen LogP contribution in [0.4, 0.5) is 0 Å². The van der Waals surface area contributed by atoms with Crippen molar-refractivity contribution in [3.05, 3.63) is 35.8 Å². The maximum absolute atomic E-state index is 13.4. The molecular weight excluding hydrogens is 580 g/mol. The van der Waals surface area contributed by atoms with E-state index in [4.69, 9.17) is 32.8 Å². The minimum atomic E-state index is -2.31. The molecule has 0 radical (unpaired) electrons. The van der Waals surface area contributed by atoms with Gasteiger partial charge >= 0.3 is 17.9 Å². The fraction of sp³-hybridized carbons (Fsp3) is 0.710. The number of aliphatic hydroxyl groups is 3. The molecule has 1 aromatic heterocycles. The Morgan fingerprint density at radius 3 is 2.50 bits per heavy atom. The first-order valence-electron chi connectivity index (χ1n) is 14.9. The molecule has 4 aliphatic carbocycles. The number of esters is 3. The van der Waals surface area contributed by atoms with Gasteiger partial charge in [0, 0.05) is 49.2 Å². The first-order chi connectivity index (χ1) is 20.4. The average molecular weight is 617 g/mol. The lowest BCUT2D eigenvalue weighted by atomic mass is 9.34. The number of cyclic esters (lactones) is 1. The van der Waals surface area contributed by atoms with E-state index in [1.54, 1.807) is 26.8 Å². The van der Waals surface area contributed by atoms with E-state index in [1.165, 1.54) is 39.6 Å². The standard InChI is InChI=1S/C31H36O13/c1-14(32)40-22-24(2)13-28(36)26(4,16(24)9-19(34)38-6)29-11-18(33)25(3)17(10-20(35)41-21(25)15-7-8-39-12-15)31(29)23(30(22,28)37)42-27(5,43-29)44-31/h7-8,10,12,16,18,21-23,33,36-37H,9,11,13H2,1-6H3/t16-,18-,21-,22-,23+,24-,25-,26+,27?,28+,29-,30-,31+/m0/s1. The van der Waals surface area contributed by atoms with Crippen LogP contribution in [0.25, 0.3) is 0 Å². The van der Waals surface area contributed by atoms with Gasteiger partial charge in [0.1, 0.15) is 29.5 Å². The minimum Gasteiger partial charge on any atom is -0.472 e. The Hall–Kier alpha value is -2.81. The van der Waals surface area contributed by atoms with Crippen LogP contribution in [0.2, 0.25) is 0 Å². The van der Waals surface area contributed by atoms with Gasteiger partial charge in [-0.05, 0) is 30.9 Å². The van der Waals surface area contributed by atoms with Crippen LogP contribution in [0.15, 0.2) is 34.7 Å². The Balaban J connectivity index is 1.46. The highest BCUT2D eigenvalue weighted by Gasteiger charge is 3.02. The summed E-state index contributed by atoms with van der Waals surface area (Å²) in [4.78, 5) is 39.1. The maximum atomic E-state index is 13.4. The molecular formula is C31H36O13. The molecule has 0 amide bonds. The van der Waals surface area contributed by atoms with Crippen molar-refractivity contribution < 1.29 is 62.5 Å². The largest absolute Gasteiger partial charge is 0.472 e. The van der Waals surface area contributed by atoms with Gasteiger partial charge in [-0.3, -0.25) is 9.59 Å². The summed E-state index contributed by atoms with van der Waals surface area (Å²) in [6.07, 6.45) is -1.44. The fourth-order valence-electron chi connectivity index (χ4n) is 11.4. The van der Waals surface area contributed by atoms with Crippen LogP contribution in [0.3, 0.4) is 0 Å². The summed E-state index contributed by atoms with van der Waals surface area (Å²) in [5, 5.41) is 38.3. The molecule has 6 fully saturated rings. The zero-order valence-corrected chi connectivity index (χ0v) is 25.2. The van der Waals surface area contributed by atoms with Gasteiger partial charge in [0.25, 0.3) is 5.97 Å². The highest BCUT2D eigenvalue weighted by molar-refractivity contribution is 5.86. The van der Waals surface area contributed by atoms with E-state index in [2.05, 4.69) is 0 Å². The quantitative estimate of drug-likeness (QED) is 0.325. The smallest absolute Gasteiger partial charge is 0.331 e. The molecule has 13 atom stereocenters. The maximum Gasteiger partial charge on any atom is 0.331 e. The second-order valence-electron chi connectivity index (χ2n) is 14.5. The summed E-state index contributed by atoms with van der Waals surface area (Å²) in [6, 6.07) is 1.63. The molecule has 13 heteroatoms. The van der Waals surface area contributed by atoms with Crippen molar-refractivity contribution in [3.8, 4) is 0 Å². The topological polar surface area (TPSA) is 180 Å². The third kappa shape index (κ3) is 2.53. The minimum absolute atomic E-state index is 0.0868. The lowest BCUT2D eigenvalue weighted by Crippen LogP contribution is -2.93. The van der Waals surface area contributed by atoms with Crippen LogP contribution in [0, 0.1) is 22.2 Å². The number of carbonyl (C=O) groups excluding carboxylic acids is 3. The summed E-state index contributed by atoms with van der Waals surface area (Å²) < 4.78 is 42.1. The number of carbonyl (C=O) groups is 3. The van der Waals surface area contributed by atoms with Crippen molar-refractivity contribution in [3.63, 3.8) is 0 Å². The highest BCUT2D eigenvalue weighted by Crippen LogP contribution is 2.87. The molecule has 3 aliphatic heterocycles. The van der Waals surface area contributed by atoms with Crippen LogP contribution < -0.4 is 0 Å². The number of furan rings is 1. The Labute approximate surface area is 252 Å². The van der Waals surface area contributed by atoms with Crippen molar-refractivity contribution in [2.75, 3.05) is 7.11 Å². The molecule has 4 saturated carbocycles. The molecule has 1 aromatic rings. The van der Waals surface area contributed by atoms with E-state index >= 15 is 0 Å². The Kier molecular flexibility index (Phi) is 5.05. The van der Waals surface area contributed by atoms with E-state index in [0.29, 0.717) is 5.56 Å². The third-order valence-corrected chi connectivity index (χ3v) is 12.8. The first-order valence-corrected chi connectivity index (χ1v) is 14.9. The summed E-state index contributed by atoms with van der Waals surface area (Å²) in [6.45, 7) is 7.93. The molecule has 4 bridgehead atoms. The number of aliphatic hydroxyl groups excluding tert-OH is 1. The van der Waals surface area contributed by atoms with Gasteiger partial charge in [-0.1, -0.05) is 13.8 Å². The molecule has 0 aromatic carbocycles. The molecule has 7 aliphatic rings. The second-order valence-corrected chi connectivity index (χ2v) is 14.5.